The van der Waals surface area contributed by atoms with Crippen molar-refractivity contribution in [3.8, 4) is 5.75 Å². The standard InChI is InChI=1S/C14H12N4O4/c19-14(17-16-9-11-4-1-2-7-15-11)10-22-13-6-3-5-12(8-13)18(20)21/h1-9H,10H2,(H,17,19)/b16-9-. The van der Waals surface area contributed by atoms with Crippen molar-refractivity contribution < 1.29 is 14.5 Å². The number of amides is 1. The highest BCUT2D eigenvalue weighted by Crippen LogP contribution is 2.18. The minimum Gasteiger partial charge on any atom is -0.483 e. The molecule has 0 aliphatic carbocycles. The largest absolute Gasteiger partial charge is 0.483 e. The first-order valence-electron chi connectivity index (χ1n) is 6.25. The second kappa shape index (κ2) is 7.48. The van der Waals surface area contributed by atoms with E-state index in [2.05, 4.69) is 15.5 Å². The number of hydrazone groups is 1. The Bertz CT molecular complexity index is 688. The van der Waals surface area contributed by atoms with Crippen LogP contribution < -0.4 is 10.2 Å². The molecule has 0 fully saturated rings. The SMILES string of the molecule is O=C(COc1cccc([N+](=O)[O-])c1)N/N=C\c1ccccn1. The number of nitro groups is 1. The molecular weight excluding hydrogens is 288 g/mol. The van der Waals surface area contributed by atoms with Crippen molar-refractivity contribution in [3.63, 3.8) is 0 Å². The lowest BCUT2D eigenvalue weighted by atomic mass is 10.3. The van der Waals surface area contributed by atoms with E-state index in [1.54, 1.807) is 24.4 Å². The first-order valence-corrected chi connectivity index (χ1v) is 6.25. The maximum Gasteiger partial charge on any atom is 0.277 e. The number of nitro benzene ring substituents is 1. The average Bonchev–Trinajstić information content (AvgIpc) is 2.54. The highest BCUT2D eigenvalue weighted by molar-refractivity contribution is 5.81. The molecule has 2 rings (SSSR count). The fraction of sp³-hybridized carbons (Fsp3) is 0.0714. The molecule has 1 aromatic heterocycles. The molecule has 8 nitrogen and oxygen atoms in total. The van der Waals surface area contributed by atoms with Crippen molar-refractivity contribution in [2.24, 2.45) is 5.10 Å². The molecule has 0 radical (unpaired) electrons. The van der Waals surface area contributed by atoms with Crippen LogP contribution in [0.1, 0.15) is 5.69 Å². The predicted octanol–water partition coefficient (Wildman–Crippen LogP) is 1.52. The Balaban J connectivity index is 1.82. The fourth-order valence-electron chi connectivity index (χ4n) is 1.49. The number of hydrogen-bond acceptors (Lipinski definition) is 6. The van der Waals surface area contributed by atoms with Gasteiger partial charge in [-0.1, -0.05) is 12.1 Å². The van der Waals surface area contributed by atoms with E-state index in [1.807, 2.05) is 0 Å². The molecule has 112 valence electrons. The number of pyridine rings is 1. The Kier molecular flexibility index (Phi) is 5.14. The molecule has 0 aliphatic heterocycles. The van der Waals surface area contributed by atoms with Crippen molar-refractivity contribution in [2.45, 2.75) is 0 Å². The second-order valence-corrected chi connectivity index (χ2v) is 4.09. The number of ether oxygens (including phenoxy) is 1. The molecule has 0 bridgehead atoms. The van der Waals surface area contributed by atoms with Crippen LogP contribution in [0, 0.1) is 10.1 Å². The van der Waals surface area contributed by atoms with Crippen molar-refractivity contribution in [1.29, 1.82) is 0 Å². The van der Waals surface area contributed by atoms with Crippen LogP contribution >= 0.6 is 0 Å². The first-order chi connectivity index (χ1) is 10.6. The van der Waals surface area contributed by atoms with Crippen molar-refractivity contribution in [2.75, 3.05) is 6.61 Å². The summed E-state index contributed by atoms with van der Waals surface area (Å²) in [5.74, 6) is -0.253. The van der Waals surface area contributed by atoms with Gasteiger partial charge < -0.3 is 4.74 Å². The smallest absolute Gasteiger partial charge is 0.277 e. The Labute approximate surface area is 125 Å². The van der Waals surface area contributed by atoms with Crippen LogP contribution in [-0.2, 0) is 4.79 Å². The van der Waals surface area contributed by atoms with Crippen molar-refractivity contribution >= 4 is 17.8 Å². The molecule has 1 aromatic carbocycles. The van der Waals surface area contributed by atoms with E-state index in [9.17, 15) is 14.9 Å². The summed E-state index contributed by atoms with van der Waals surface area (Å²) in [7, 11) is 0. The maximum absolute atomic E-state index is 11.5. The zero-order valence-electron chi connectivity index (χ0n) is 11.4. The first kappa shape index (κ1) is 15.1. The van der Waals surface area contributed by atoms with Gasteiger partial charge in [-0.25, -0.2) is 5.43 Å². The second-order valence-electron chi connectivity index (χ2n) is 4.09. The highest BCUT2D eigenvalue weighted by atomic mass is 16.6. The molecule has 2 aromatic rings. The van der Waals surface area contributed by atoms with Crippen LogP contribution in [0.25, 0.3) is 0 Å². The minimum atomic E-state index is -0.538. The van der Waals surface area contributed by atoms with Gasteiger partial charge in [0.2, 0.25) is 0 Å². The summed E-state index contributed by atoms with van der Waals surface area (Å²) < 4.78 is 5.16. The molecule has 0 aliphatic rings. The van der Waals surface area contributed by atoms with Crippen LogP contribution in [0.5, 0.6) is 5.75 Å². The number of carbonyl (C=O) groups is 1. The number of nitrogens with one attached hydrogen (secondary N) is 1. The maximum atomic E-state index is 11.5. The third kappa shape index (κ3) is 4.67. The van der Waals surface area contributed by atoms with Gasteiger partial charge >= 0.3 is 0 Å². The Morgan fingerprint density at radius 2 is 2.23 bits per heavy atom. The lowest BCUT2D eigenvalue weighted by Gasteiger charge is -2.04. The van der Waals surface area contributed by atoms with Crippen molar-refractivity contribution in [3.05, 3.63) is 64.5 Å². The molecule has 1 N–H and O–H groups in total. The molecule has 0 saturated carbocycles. The number of rotatable bonds is 6. The number of aromatic nitrogens is 1. The number of benzene rings is 1. The number of carbonyl (C=O) groups excluding carboxylic acids is 1. The topological polar surface area (TPSA) is 107 Å². The lowest BCUT2D eigenvalue weighted by Crippen LogP contribution is -2.24. The van der Waals surface area contributed by atoms with E-state index >= 15 is 0 Å². The van der Waals surface area contributed by atoms with Gasteiger partial charge in [-0.3, -0.25) is 19.9 Å². The van der Waals surface area contributed by atoms with E-state index in [1.165, 1.54) is 30.5 Å². The van der Waals surface area contributed by atoms with E-state index in [0.29, 0.717) is 5.69 Å². The summed E-state index contributed by atoms with van der Waals surface area (Å²) in [5.41, 5.74) is 2.76. The van der Waals surface area contributed by atoms with Crippen LogP contribution in [0.3, 0.4) is 0 Å². The van der Waals surface area contributed by atoms with E-state index in [4.69, 9.17) is 4.74 Å². The number of nitrogens with zero attached hydrogens (tertiary/aromatic N) is 3. The molecule has 1 heterocycles. The van der Waals surface area contributed by atoms with Gasteiger partial charge in [-0.2, -0.15) is 5.10 Å². The minimum absolute atomic E-state index is 0.105. The third-order valence-electron chi connectivity index (χ3n) is 2.47. The summed E-state index contributed by atoms with van der Waals surface area (Å²) >= 11 is 0. The van der Waals surface area contributed by atoms with E-state index < -0.39 is 10.8 Å². The average molecular weight is 300 g/mol. The van der Waals surface area contributed by atoms with Crippen LogP contribution in [0.4, 0.5) is 5.69 Å². The molecule has 8 heteroatoms. The van der Waals surface area contributed by atoms with Crippen LogP contribution in [0.15, 0.2) is 53.8 Å². The Morgan fingerprint density at radius 3 is 2.95 bits per heavy atom. The van der Waals surface area contributed by atoms with E-state index in [-0.39, 0.29) is 18.0 Å². The normalized spacial score (nSPS) is 10.4. The number of hydrogen-bond donors (Lipinski definition) is 1. The molecule has 1 amide bonds. The van der Waals surface area contributed by atoms with Gasteiger partial charge in [-0.15, -0.1) is 0 Å². The molecule has 0 spiro atoms. The summed E-state index contributed by atoms with van der Waals surface area (Å²) in [6.07, 6.45) is 3.00. The number of non-ortho nitro benzene ring substituents is 1. The van der Waals surface area contributed by atoms with E-state index in [0.717, 1.165) is 0 Å². The van der Waals surface area contributed by atoms with Crippen molar-refractivity contribution in [1.82, 2.24) is 10.4 Å². The fourth-order valence-corrected chi connectivity index (χ4v) is 1.49. The summed E-state index contributed by atoms with van der Waals surface area (Å²) in [5, 5.41) is 14.3. The van der Waals surface area contributed by atoms with Crippen LogP contribution in [-0.4, -0.2) is 28.6 Å². The summed E-state index contributed by atoms with van der Waals surface area (Å²) in [6, 6.07) is 10.9. The quantitative estimate of drug-likeness (QED) is 0.494. The summed E-state index contributed by atoms with van der Waals surface area (Å²) in [4.78, 5) is 25.6. The van der Waals surface area contributed by atoms with Crippen LogP contribution in [0.2, 0.25) is 0 Å². The molecular formula is C14H12N4O4. The van der Waals surface area contributed by atoms with Gasteiger partial charge in [0.05, 0.1) is 22.9 Å². The zero-order valence-corrected chi connectivity index (χ0v) is 11.4. The molecule has 0 unspecified atom stereocenters. The molecule has 22 heavy (non-hydrogen) atoms. The summed E-state index contributed by atoms with van der Waals surface area (Å²) in [6.45, 7) is -0.305. The van der Waals surface area contributed by atoms with Gasteiger partial charge in [0, 0.05) is 12.3 Å². The predicted molar refractivity (Wildman–Crippen MR) is 78.6 cm³/mol. The lowest BCUT2D eigenvalue weighted by molar-refractivity contribution is -0.384. The molecule has 0 saturated heterocycles. The van der Waals surface area contributed by atoms with Gasteiger partial charge in [0.15, 0.2) is 6.61 Å². The monoisotopic (exact) mass is 300 g/mol. The Morgan fingerprint density at radius 1 is 1.36 bits per heavy atom. The van der Waals surface area contributed by atoms with Gasteiger partial charge in [0.1, 0.15) is 5.75 Å². The zero-order chi connectivity index (χ0) is 15.8. The van der Waals surface area contributed by atoms with Gasteiger partial charge in [0.25, 0.3) is 11.6 Å². The third-order valence-corrected chi connectivity index (χ3v) is 2.47. The Hall–Kier alpha value is -3.29. The van der Waals surface area contributed by atoms with Gasteiger partial charge in [-0.05, 0) is 18.2 Å². The molecule has 0 atom stereocenters. The highest BCUT2D eigenvalue weighted by Gasteiger charge is 2.07.